The molecule has 1 fully saturated rings. The van der Waals surface area contributed by atoms with E-state index in [4.69, 9.17) is 5.11 Å². The van der Waals surface area contributed by atoms with Gasteiger partial charge in [-0.15, -0.1) is 11.3 Å². The van der Waals surface area contributed by atoms with E-state index in [1.54, 1.807) is 6.07 Å². The first-order valence-electron chi connectivity index (χ1n) is 6.60. The highest BCUT2D eigenvalue weighted by molar-refractivity contribution is 7.17. The fourth-order valence-corrected chi connectivity index (χ4v) is 3.69. The summed E-state index contributed by atoms with van der Waals surface area (Å²) in [5, 5.41) is 9.12. The fraction of sp³-hybridized carbons (Fsp3) is 0.312. The Morgan fingerprint density at radius 1 is 1.32 bits per heavy atom. The smallest absolute Gasteiger partial charge is 0.345 e. The van der Waals surface area contributed by atoms with Crippen LogP contribution in [0.2, 0.25) is 0 Å². The second-order valence-corrected chi connectivity index (χ2v) is 6.20. The van der Waals surface area contributed by atoms with Gasteiger partial charge in [0.2, 0.25) is 0 Å². The molecule has 0 saturated heterocycles. The van der Waals surface area contributed by atoms with Crippen LogP contribution in [0.15, 0.2) is 30.3 Å². The zero-order valence-electron chi connectivity index (χ0n) is 10.8. The lowest BCUT2D eigenvalue weighted by Crippen LogP contribution is -2.09. The topological polar surface area (TPSA) is 37.3 Å². The predicted molar refractivity (Wildman–Crippen MR) is 78.0 cm³/mol. The maximum absolute atomic E-state index is 11.1. The fourth-order valence-electron chi connectivity index (χ4n) is 2.63. The Bertz CT molecular complexity index is 623. The summed E-state index contributed by atoms with van der Waals surface area (Å²) in [5.41, 5.74) is 3.67. The van der Waals surface area contributed by atoms with Crippen molar-refractivity contribution in [1.82, 2.24) is 0 Å². The third kappa shape index (κ3) is 2.19. The molecule has 1 aliphatic carbocycles. The first-order chi connectivity index (χ1) is 9.16. The molecule has 1 saturated carbocycles. The Kier molecular flexibility index (Phi) is 3.15. The van der Waals surface area contributed by atoms with E-state index in [-0.39, 0.29) is 0 Å². The van der Waals surface area contributed by atoms with Crippen LogP contribution >= 0.6 is 11.3 Å². The number of carboxylic acid groups (broad SMARTS) is 1. The zero-order valence-corrected chi connectivity index (χ0v) is 11.7. The molecule has 0 spiro atoms. The maximum Gasteiger partial charge on any atom is 0.345 e. The van der Waals surface area contributed by atoms with Gasteiger partial charge < -0.3 is 5.11 Å². The van der Waals surface area contributed by atoms with E-state index in [0.717, 1.165) is 10.4 Å². The quantitative estimate of drug-likeness (QED) is 0.880. The molecule has 0 amide bonds. The summed E-state index contributed by atoms with van der Waals surface area (Å²) < 4.78 is 0. The third-order valence-electron chi connectivity index (χ3n) is 3.88. The highest BCUT2D eigenvalue weighted by atomic mass is 32.1. The number of aromatic carboxylic acids is 1. The molecular formula is C16H16O2S. The van der Waals surface area contributed by atoms with Crippen molar-refractivity contribution in [2.75, 3.05) is 0 Å². The van der Waals surface area contributed by atoms with Crippen molar-refractivity contribution >= 4 is 17.3 Å². The van der Waals surface area contributed by atoms with Gasteiger partial charge in [0, 0.05) is 4.88 Å². The number of carbonyl (C=O) groups is 1. The molecule has 0 unspecified atom stereocenters. The molecule has 2 nitrogen and oxygen atoms in total. The second kappa shape index (κ2) is 4.82. The summed E-state index contributed by atoms with van der Waals surface area (Å²) in [6.45, 7) is 2.00. The second-order valence-electron chi connectivity index (χ2n) is 5.14. The summed E-state index contributed by atoms with van der Waals surface area (Å²) >= 11 is 1.39. The molecule has 19 heavy (non-hydrogen) atoms. The van der Waals surface area contributed by atoms with Crippen LogP contribution in [0.3, 0.4) is 0 Å². The summed E-state index contributed by atoms with van der Waals surface area (Å²) in [6, 6.07) is 10.2. The van der Waals surface area contributed by atoms with E-state index in [1.165, 1.54) is 41.7 Å². The molecule has 0 atom stereocenters. The normalized spacial score (nSPS) is 15.2. The minimum atomic E-state index is -0.833. The zero-order chi connectivity index (χ0) is 13.4. The molecule has 3 heteroatoms. The molecule has 1 N–H and O–H groups in total. The minimum Gasteiger partial charge on any atom is -0.477 e. The third-order valence-corrected chi connectivity index (χ3v) is 5.14. The summed E-state index contributed by atoms with van der Waals surface area (Å²) in [7, 11) is 0. The highest BCUT2D eigenvalue weighted by Gasteiger charge is 2.23. The van der Waals surface area contributed by atoms with Gasteiger partial charge >= 0.3 is 5.97 Å². The lowest BCUT2D eigenvalue weighted by Gasteiger charge is -2.27. The molecule has 1 heterocycles. The molecule has 1 aliphatic rings. The van der Waals surface area contributed by atoms with Gasteiger partial charge in [-0.1, -0.05) is 30.7 Å². The number of carboxylic acids is 1. The lowest BCUT2D eigenvalue weighted by atomic mass is 9.78. The van der Waals surface area contributed by atoms with E-state index in [1.807, 2.05) is 13.0 Å². The van der Waals surface area contributed by atoms with Gasteiger partial charge in [0.1, 0.15) is 4.88 Å². The minimum absolute atomic E-state index is 0.427. The van der Waals surface area contributed by atoms with Gasteiger partial charge in [0.25, 0.3) is 0 Å². The van der Waals surface area contributed by atoms with Crippen LogP contribution in [-0.4, -0.2) is 11.1 Å². The van der Waals surface area contributed by atoms with Crippen LogP contribution in [0.1, 0.15) is 46.0 Å². The van der Waals surface area contributed by atoms with Gasteiger partial charge in [-0.2, -0.15) is 0 Å². The van der Waals surface area contributed by atoms with Gasteiger partial charge in [-0.05, 0) is 48.4 Å². The van der Waals surface area contributed by atoms with Crippen molar-refractivity contribution in [3.8, 4) is 10.4 Å². The number of rotatable bonds is 3. The van der Waals surface area contributed by atoms with Gasteiger partial charge in [0.05, 0.1) is 0 Å². The lowest BCUT2D eigenvalue weighted by molar-refractivity contribution is 0.0702. The van der Waals surface area contributed by atoms with Gasteiger partial charge in [0.15, 0.2) is 0 Å². The van der Waals surface area contributed by atoms with E-state index in [0.29, 0.717) is 10.8 Å². The van der Waals surface area contributed by atoms with Gasteiger partial charge in [-0.3, -0.25) is 0 Å². The van der Waals surface area contributed by atoms with Crippen molar-refractivity contribution < 1.29 is 9.90 Å². The van der Waals surface area contributed by atoms with Crippen LogP contribution in [0.5, 0.6) is 0 Å². The van der Waals surface area contributed by atoms with Crippen LogP contribution in [-0.2, 0) is 0 Å². The number of hydrogen-bond donors (Lipinski definition) is 1. The summed E-state index contributed by atoms with van der Waals surface area (Å²) in [6.07, 6.45) is 3.82. The molecule has 3 rings (SSSR count). The van der Waals surface area contributed by atoms with E-state index >= 15 is 0 Å². The van der Waals surface area contributed by atoms with Gasteiger partial charge in [-0.25, -0.2) is 4.79 Å². The average molecular weight is 272 g/mol. The number of benzene rings is 1. The van der Waals surface area contributed by atoms with Crippen molar-refractivity contribution in [2.24, 2.45) is 0 Å². The number of aryl methyl sites for hydroxylation is 1. The van der Waals surface area contributed by atoms with E-state index in [2.05, 4.69) is 18.2 Å². The largest absolute Gasteiger partial charge is 0.477 e. The van der Waals surface area contributed by atoms with Crippen LogP contribution < -0.4 is 0 Å². The molecule has 1 aromatic carbocycles. The molecule has 1 aromatic heterocycles. The van der Waals surface area contributed by atoms with E-state index < -0.39 is 5.97 Å². The summed E-state index contributed by atoms with van der Waals surface area (Å²) in [4.78, 5) is 12.6. The molecule has 0 bridgehead atoms. The Morgan fingerprint density at radius 2 is 2.05 bits per heavy atom. The predicted octanol–water partition coefficient (Wildman–Crippen LogP) is 4.69. The summed E-state index contributed by atoms with van der Waals surface area (Å²) in [5.74, 6) is -0.175. The van der Waals surface area contributed by atoms with Crippen molar-refractivity contribution in [1.29, 1.82) is 0 Å². The standard InChI is InChI=1S/C16H16O2S/c1-10-9-14(16(17)18)19-15(10)13-8-3-2-7-12(13)11-5-4-6-11/h2-3,7-9,11H,4-6H2,1H3,(H,17,18). The monoisotopic (exact) mass is 272 g/mol. The van der Waals surface area contributed by atoms with Crippen molar-refractivity contribution in [3.63, 3.8) is 0 Å². The molecule has 0 aliphatic heterocycles. The van der Waals surface area contributed by atoms with Crippen LogP contribution in [0.4, 0.5) is 0 Å². The Morgan fingerprint density at radius 3 is 2.63 bits per heavy atom. The number of thiophene rings is 1. The average Bonchev–Trinajstić information content (AvgIpc) is 2.70. The number of hydrogen-bond acceptors (Lipinski definition) is 2. The van der Waals surface area contributed by atoms with Crippen molar-refractivity contribution in [3.05, 3.63) is 46.3 Å². The molecule has 98 valence electrons. The molecule has 2 aromatic rings. The van der Waals surface area contributed by atoms with E-state index in [9.17, 15) is 4.79 Å². The molecule has 0 radical (unpaired) electrons. The Labute approximate surface area is 116 Å². The highest BCUT2D eigenvalue weighted by Crippen LogP contribution is 2.43. The first-order valence-corrected chi connectivity index (χ1v) is 7.41. The van der Waals surface area contributed by atoms with Crippen molar-refractivity contribution in [2.45, 2.75) is 32.1 Å². The SMILES string of the molecule is Cc1cc(C(=O)O)sc1-c1ccccc1C1CCC1. The maximum atomic E-state index is 11.1. The Balaban J connectivity index is 2.08. The van der Waals surface area contributed by atoms with Crippen LogP contribution in [0.25, 0.3) is 10.4 Å². The Hall–Kier alpha value is -1.61. The molecular weight excluding hydrogens is 256 g/mol. The van der Waals surface area contributed by atoms with Crippen LogP contribution in [0, 0.1) is 6.92 Å². The first kappa shape index (κ1) is 12.4.